The minimum Gasteiger partial charge on any atom is -0.492 e. The van der Waals surface area contributed by atoms with Gasteiger partial charge in [0.1, 0.15) is 5.76 Å². The Hall–Kier alpha value is -1.22. The summed E-state index contributed by atoms with van der Waals surface area (Å²) in [5, 5.41) is 3.15. The van der Waals surface area contributed by atoms with Crippen molar-refractivity contribution in [3.05, 3.63) is 35.3 Å². The Morgan fingerprint density at radius 1 is 1.47 bits per heavy atom. The third kappa shape index (κ3) is 3.80. The van der Waals surface area contributed by atoms with Gasteiger partial charge in [-0.15, -0.1) is 0 Å². The topological polar surface area (TPSA) is 47.3 Å². The Bertz CT molecular complexity index is 290. The molecule has 0 aromatic heterocycles. The summed E-state index contributed by atoms with van der Waals surface area (Å²) in [6, 6.07) is 0. The second kappa shape index (κ2) is 6.30. The van der Waals surface area contributed by atoms with Gasteiger partial charge in [-0.1, -0.05) is 17.7 Å². The van der Waals surface area contributed by atoms with Gasteiger partial charge in [0, 0.05) is 13.0 Å². The summed E-state index contributed by atoms with van der Waals surface area (Å²) < 4.78 is 5.45. The molecule has 0 aliphatic heterocycles. The van der Waals surface area contributed by atoms with Crippen molar-refractivity contribution in [3.63, 3.8) is 0 Å². The highest BCUT2D eigenvalue weighted by Crippen LogP contribution is 2.15. The van der Waals surface area contributed by atoms with Gasteiger partial charge in [-0.05, 0) is 26.5 Å². The second-order valence-electron chi connectivity index (χ2n) is 3.53. The average molecular weight is 208 g/mol. The molecular formula is C12H20N2O. The van der Waals surface area contributed by atoms with Gasteiger partial charge in [-0.25, -0.2) is 0 Å². The van der Waals surface area contributed by atoms with Gasteiger partial charge in [-0.3, -0.25) is 0 Å². The van der Waals surface area contributed by atoms with E-state index in [1.54, 1.807) is 0 Å². The van der Waals surface area contributed by atoms with Gasteiger partial charge in [0.15, 0.2) is 0 Å². The standard InChI is InChI=1S/C12H20N2O/c1-3-15-12-6-4-5-10(9-14-2)7-8-11(12)13/h4,6-7,14H,3,5,8-9,13H2,1-2H3/b6-4?,10-7+,12-11-. The Morgan fingerprint density at radius 2 is 2.27 bits per heavy atom. The summed E-state index contributed by atoms with van der Waals surface area (Å²) >= 11 is 0. The number of hydrogen-bond donors (Lipinski definition) is 2. The first-order chi connectivity index (χ1) is 7.27. The molecule has 3 N–H and O–H groups in total. The average Bonchev–Trinajstić information content (AvgIpc) is 2.22. The smallest absolute Gasteiger partial charge is 0.137 e. The zero-order valence-electron chi connectivity index (χ0n) is 9.55. The van der Waals surface area contributed by atoms with E-state index in [9.17, 15) is 0 Å². The molecule has 0 fully saturated rings. The lowest BCUT2D eigenvalue weighted by Gasteiger charge is -2.12. The Labute approximate surface area is 91.7 Å². The number of ether oxygens (including phenoxy) is 1. The molecule has 0 spiro atoms. The van der Waals surface area contributed by atoms with Gasteiger partial charge in [0.25, 0.3) is 0 Å². The van der Waals surface area contributed by atoms with E-state index in [0.717, 1.165) is 30.8 Å². The summed E-state index contributed by atoms with van der Waals surface area (Å²) in [5.74, 6) is 0.817. The third-order valence-corrected chi connectivity index (χ3v) is 2.28. The lowest BCUT2D eigenvalue weighted by molar-refractivity contribution is 0.237. The van der Waals surface area contributed by atoms with Crippen molar-refractivity contribution in [1.82, 2.24) is 5.32 Å². The summed E-state index contributed by atoms with van der Waals surface area (Å²) in [7, 11) is 1.95. The zero-order chi connectivity index (χ0) is 11.1. The highest BCUT2D eigenvalue weighted by molar-refractivity contribution is 5.26. The van der Waals surface area contributed by atoms with E-state index in [1.807, 2.05) is 20.0 Å². The summed E-state index contributed by atoms with van der Waals surface area (Å²) in [4.78, 5) is 0. The Morgan fingerprint density at radius 3 is 2.93 bits per heavy atom. The fraction of sp³-hybridized carbons (Fsp3) is 0.500. The van der Waals surface area contributed by atoms with E-state index < -0.39 is 0 Å². The van der Waals surface area contributed by atoms with E-state index in [0.29, 0.717) is 6.61 Å². The first-order valence-corrected chi connectivity index (χ1v) is 5.38. The first kappa shape index (κ1) is 11.9. The number of hydrogen-bond acceptors (Lipinski definition) is 3. The number of rotatable bonds is 4. The fourth-order valence-corrected chi connectivity index (χ4v) is 1.53. The molecule has 3 nitrogen and oxygen atoms in total. The maximum absolute atomic E-state index is 5.93. The van der Waals surface area contributed by atoms with Gasteiger partial charge >= 0.3 is 0 Å². The maximum Gasteiger partial charge on any atom is 0.137 e. The van der Waals surface area contributed by atoms with Crippen LogP contribution in [0.25, 0.3) is 0 Å². The molecule has 1 aliphatic rings. The largest absolute Gasteiger partial charge is 0.492 e. The molecule has 0 aromatic rings. The number of allylic oxidation sites excluding steroid dienone is 3. The molecule has 1 aliphatic carbocycles. The summed E-state index contributed by atoms with van der Waals surface area (Å²) in [5.41, 5.74) is 8.11. The Kier molecular flexibility index (Phi) is 4.98. The molecule has 0 unspecified atom stereocenters. The molecule has 0 saturated heterocycles. The molecular weight excluding hydrogens is 188 g/mol. The van der Waals surface area contributed by atoms with Crippen molar-refractivity contribution in [2.75, 3.05) is 20.2 Å². The van der Waals surface area contributed by atoms with Crippen molar-refractivity contribution in [1.29, 1.82) is 0 Å². The van der Waals surface area contributed by atoms with Crippen LogP contribution in [0.1, 0.15) is 19.8 Å². The monoisotopic (exact) mass is 208 g/mol. The van der Waals surface area contributed by atoms with Crippen LogP contribution in [-0.4, -0.2) is 20.2 Å². The maximum atomic E-state index is 5.93. The minimum atomic E-state index is 0.660. The molecule has 0 heterocycles. The van der Waals surface area contributed by atoms with Crippen LogP contribution < -0.4 is 11.1 Å². The SMILES string of the molecule is CCO/C1=C(\N)C/C=C(/CNC)CC=C1. The third-order valence-electron chi connectivity index (χ3n) is 2.28. The molecule has 0 saturated carbocycles. The van der Waals surface area contributed by atoms with Crippen LogP contribution in [0.3, 0.4) is 0 Å². The van der Waals surface area contributed by atoms with Crippen molar-refractivity contribution < 1.29 is 4.74 Å². The van der Waals surface area contributed by atoms with Crippen molar-refractivity contribution >= 4 is 0 Å². The highest BCUT2D eigenvalue weighted by atomic mass is 16.5. The Balaban J connectivity index is 2.72. The number of nitrogens with one attached hydrogen (secondary N) is 1. The molecule has 3 heteroatoms. The minimum absolute atomic E-state index is 0.660. The molecule has 0 atom stereocenters. The van der Waals surface area contributed by atoms with E-state index >= 15 is 0 Å². The van der Waals surface area contributed by atoms with Gasteiger partial charge in [0.2, 0.25) is 0 Å². The van der Waals surface area contributed by atoms with Crippen LogP contribution in [-0.2, 0) is 4.74 Å². The molecule has 0 amide bonds. The number of likely N-dealkylation sites (N-methyl/N-ethyl adjacent to an activating group) is 1. The molecule has 0 aromatic carbocycles. The van der Waals surface area contributed by atoms with Gasteiger partial charge in [-0.2, -0.15) is 0 Å². The predicted octanol–water partition coefficient (Wildman–Crippen LogP) is 1.69. The molecule has 0 radical (unpaired) electrons. The van der Waals surface area contributed by atoms with Crippen LogP contribution in [0.4, 0.5) is 0 Å². The predicted molar refractivity (Wildman–Crippen MR) is 63.2 cm³/mol. The molecule has 1 rings (SSSR count). The van der Waals surface area contributed by atoms with Crippen molar-refractivity contribution in [3.8, 4) is 0 Å². The first-order valence-electron chi connectivity index (χ1n) is 5.38. The van der Waals surface area contributed by atoms with E-state index in [-0.39, 0.29) is 0 Å². The normalized spacial score (nSPS) is 25.3. The second-order valence-corrected chi connectivity index (χ2v) is 3.53. The van der Waals surface area contributed by atoms with E-state index in [2.05, 4.69) is 17.5 Å². The van der Waals surface area contributed by atoms with Crippen molar-refractivity contribution in [2.24, 2.45) is 5.73 Å². The van der Waals surface area contributed by atoms with Crippen LogP contribution in [0.5, 0.6) is 0 Å². The van der Waals surface area contributed by atoms with Crippen LogP contribution in [0.2, 0.25) is 0 Å². The fourth-order valence-electron chi connectivity index (χ4n) is 1.53. The highest BCUT2D eigenvalue weighted by Gasteiger charge is 2.04. The lowest BCUT2D eigenvalue weighted by Crippen LogP contribution is -2.12. The van der Waals surface area contributed by atoms with Gasteiger partial charge in [0.05, 0.1) is 12.3 Å². The summed E-state index contributed by atoms with van der Waals surface area (Å²) in [6.45, 7) is 3.55. The van der Waals surface area contributed by atoms with Crippen molar-refractivity contribution in [2.45, 2.75) is 19.8 Å². The molecule has 0 bridgehead atoms. The van der Waals surface area contributed by atoms with Crippen LogP contribution in [0.15, 0.2) is 35.3 Å². The molecule has 15 heavy (non-hydrogen) atoms. The van der Waals surface area contributed by atoms with Gasteiger partial charge < -0.3 is 15.8 Å². The van der Waals surface area contributed by atoms with Crippen LogP contribution >= 0.6 is 0 Å². The molecule has 84 valence electrons. The lowest BCUT2D eigenvalue weighted by atomic mass is 10.1. The quantitative estimate of drug-likeness (QED) is 0.691. The van der Waals surface area contributed by atoms with E-state index in [4.69, 9.17) is 10.5 Å². The summed E-state index contributed by atoms with van der Waals surface area (Å²) in [6.07, 6.45) is 7.98. The van der Waals surface area contributed by atoms with E-state index in [1.165, 1.54) is 5.57 Å². The number of nitrogens with two attached hydrogens (primary N) is 1. The van der Waals surface area contributed by atoms with Crippen LogP contribution in [0, 0.1) is 0 Å². The zero-order valence-corrected chi connectivity index (χ0v) is 9.55.